The molecule has 0 radical (unpaired) electrons. The number of hydrogen-bond donors (Lipinski definition) is 1. The molecule has 0 atom stereocenters. The number of nitriles is 1. The van der Waals surface area contributed by atoms with Gasteiger partial charge in [-0.05, 0) is 52.2 Å². The van der Waals surface area contributed by atoms with Crippen LogP contribution in [0, 0.1) is 14.9 Å². The van der Waals surface area contributed by atoms with Gasteiger partial charge in [0.1, 0.15) is 6.07 Å². The Hall–Kier alpha value is -0.840. The Morgan fingerprint density at radius 1 is 1.39 bits per heavy atom. The Morgan fingerprint density at radius 2 is 2.17 bits per heavy atom. The highest BCUT2D eigenvalue weighted by molar-refractivity contribution is 14.1. The van der Waals surface area contributed by atoms with Gasteiger partial charge in [-0.25, -0.2) is 0 Å². The quantitative estimate of drug-likeness (QED) is 0.564. The number of allylic oxidation sites excluding steroid dienone is 1. The predicted octanol–water partition coefficient (Wildman–Crippen LogP) is 4.47. The summed E-state index contributed by atoms with van der Waals surface area (Å²) in [6, 6.07) is 11.9. The molecule has 0 aliphatic carbocycles. The largest absolute Gasteiger partial charge is 0.397 e. The van der Waals surface area contributed by atoms with Crippen molar-refractivity contribution >= 4 is 61.1 Å². The minimum Gasteiger partial charge on any atom is -0.397 e. The first-order valence-electron chi connectivity index (χ1n) is 5.02. The Kier molecular flexibility index (Phi) is 4.43. The van der Waals surface area contributed by atoms with Gasteiger partial charge in [0, 0.05) is 18.5 Å². The van der Waals surface area contributed by atoms with Gasteiger partial charge in [0.25, 0.3) is 0 Å². The third kappa shape index (κ3) is 2.76. The molecule has 0 unspecified atom stereocenters. The van der Waals surface area contributed by atoms with Crippen molar-refractivity contribution in [2.75, 3.05) is 0 Å². The van der Waals surface area contributed by atoms with Crippen LogP contribution >= 0.6 is 49.9 Å². The first-order chi connectivity index (χ1) is 8.63. The van der Waals surface area contributed by atoms with Crippen LogP contribution in [0.4, 0.5) is 0 Å². The third-order valence-corrected chi connectivity index (χ3v) is 4.69. The molecule has 0 saturated heterocycles. The molecule has 90 valence electrons. The van der Waals surface area contributed by atoms with Gasteiger partial charge in [-0.1, -0.05) is 22.0 Å². The number of thiophene rings is 1. The summed E-state index contributed by atoms with van der Waals surface area (Å²) in [6.45, 7) is 0. The number of rotatable bonds is 2. The summed E-state index contributed by atoms with van der Waals surface area (Å²) in [5.41, 5.74) is 8.08. The van der Waals surface area contributed by atoms with Crippen LogP contribution in [-0.4, -0.2) is 0 Å². The number of nitrogens with two attached hydrogens (primary N) is 1. The van der Waals surface area contributed by atoms with E-state index in [1.54, 1.807) is 0 Å². The predicted molar refractivity (Wildman–Crippen MR) is 87.8 cm³/mol. The maximum Gasteiger partial charge on any atom is 0.103 e. The lowest BCUT2D eigenvalue weighted by Gasteiger charge is -2.07. The van der Waals surface area contributed by atoms with E-state index >= 15 is 0 Å². The number of nitrogens with zero attached hydrogens (tertiary/aromatic N) is 1. The smallest absolute Gasteiger partial charge is 0.103 e. The molecule has 0 aliphatic rings. The van der Waals surface area contributed by atoms with E-state index in [9.17, 15) is 5.26 Å². The van der Waals surface area contributed by atoms with Gasteiger partial charge in [0.05, 0.1) is 11.3 Å². The minimum absolute atomic E-state index is 0.519. The second-order valence-corrected chi connectivity index (χ2v) is 6.53. The zero-order chi connectivity index (χ0) is 13.1. The fourth-order valence-corrected chi connectivity index (χ4v) is 3.23. The molecule has 2 nitrogen and oxygen atoms in total. The topological polar surface area (TPSA) is 49.8 Å². The van der Waals surface area contributed by atoms with Crippen LogP contribution in [0.2, 0.25) is 0 Å². The summed E-state index contributed by atoms with van der Waals surface area (Å²) in [7, 11) is 0. The average molecular weight is 431 g/mol. The molecular weight excluding hydrogens is 423 g/mol. The van der Waals surface area contributed by atoms with Gasteiger partial charge in [0.2, 0.25) is 0 Å². The Balaban J connectivity index is 2.62. The molecular formula is C13H8BrIN2S. The number of halogens is 2. The summed E-state index contributed by atoms with van der Waals surface area (Å²) in [5, 5.41) is 11.2. The van der Waals surface area contributed by atoms with Crippen molar-refractivity contribution < 1.29 is 0 Å². The van der Waals surface area contributed by atoms with Crippen LogP contribution in [0.15, 0.2) is 40.2 Å². The summed E-state index contributed by atoms with van der Waals surface area (Å²) in [5.74, 6) is 0. The Bertz CT molecular complexity index is 642. The highest BCUT2D eigenvalue weighted by Crippen LogP contribution is 2.29. The molecule has 0 bridgehead atoms. The highest BCUT2D eigenvalue weighted by atomic mass is 127. The molecule has 5 heteroatoms. The van der Waals surface area contributed by atoms with E-state index in [1.165, 1.54) is 11.3 Å². The van der Waals surface area contributed by atoms with Crippen LogP contribution in [0.1, 0.15) is 10.4 Å². The van der Waals surface area contributed by atoms with Crippen LogP contribution in [0.5, 0.6) is 0 Å². The molecule has 18 heavy (non-hydrogen) atoms. The van der Waals surface area contributed by atoms with Crippen LogP contribution < -0.4 is 5.73 Å². The normalized spacial score (nSPS) is 11.8. The monoisotopic (exact) mass is 430 g/mol. The molecule has 1 heterocycles. The maximum atomic E-state index is 9.29. The summed E-state index contributed by atoms with van der Waals surface area (Å²) in [6.07, 6.45) is 0. The SMILES string of the molecule is N#C/C(=C(/N)c1cc(Br)ccc1I)c1cccs1. The zero-order valence-electron chi connectivity index (χ0n) is 9.15. The summed E-state index contributed by atoms with van der Waals surface area (Å²) >= 11 is 7.16. The maximum absolute atomic E-state index is 9.29. The first kappa shape index (κ1) is 13.6. The second kappa shape index (κ2) is 5.87. The molecule has 2 rings (SSSR count). The molecule has 1 aromatic carbocycles. The number of hydrogen-bond acceptors (Lipinski definition) is 3. The average Bonchev–Trinajstić information content (AvgIpc) is 2.87. The fourth-order valence-electron chi connectivity index (χ4n) is 1.51. The van der Waals surface area contributed by atoms with E-state index < -0.39 is 0 Å². The molecule has 2 N–H and O–H groups in total. The lowest BCUT2D eigenvalue weighted by atomic mass is 10.1. The van der Waals surface area contributed by atoms with Crippen molar-refractivity contribution in [2.24, 2.45) is 5.73 Å². The molecule has 2 aromatic rings. The molecule has 0 aliphatic heterocycles. The van der Waals surface area contributed by atoms with Gasteiger partial charge in [-0.15, -0.1) is 11.3 Å². The van der Waals surface area contributed by atoms with E-state index in [2.05, 4.69) is 44.6 Å². The van der Waals surface area contributed by atoms with E-state index in [1.807, 2.05) is 35.7 Å². The lowest BCUT2D eigenvalue weighted by molar-refractivity contribution is 1.46. The Morgan fingerprint density at radius 3 is 2.78 bits per heavy atom. The van der Waals surface area contributed by atoms with E-state index in [0.717, 1.165) is 18.5 Å². The van der Waals surface area contributed by atoms with Gasteiger partial charge < -0.3 is 5.73 Å². The highest BCUT2D eigenvalue weighted by Gasteiger charge is 2.12. The van der Waals surface area contributed by atoms with Crippen molar-refractivity contribution in [1.82, 2.24) is 0 Å². The minimum atomic E-state index is 0.519. The second-order valence-electron chi connectivity index (χ2n) is 3.50. The van der Waals surface area contributed by atoms with Gasteiger partial charge in [-0.3, -0.25) is 0 Å². The number of benzene rings is 1. The first-order valence-corrected chi connectivity index (χ1v) is 7.77. The fraction of sp³-hybridized carbons (Fsp3) is 0. The summed E-state index contributed by atoms with van der Waals surface area (Å²) in [4.78, 5) is 0.894. The van der Waals surface area contributed by atoms with Crippen molar-refractivity contribution in [3.63, 3.8) is 0 Å². The van der Waals surface area contributed by atoms with Gasteiger partial charge >= 0.3 is 0 Å². The van der Waals surface area contributed by atoms with E-state index in [0.29, 0.717) is 11.3 Å². The van der Waals surface area contributed by atoms with Crippen LogP contribution in [0.25, 0.3) is 11.3 Å². The van der Waals surface area contributed by atoms with Gasteiger partial charge in [0.15, 0.2) is 0 Å². The van der Waals surface area contributed by atoms with Crippen molar-refractivity contribution in [3.8, 4) is 6.07 Å². The molecule has 0 fully saturated rings. The van der Waals surface area contributed by atoms with Crippen LogP contribution in [0.3, 0.4) is 0 Å². The van der Waals surface area contributed by atoms with Crippen molar-refractivity contribution in [3.05, 3.63) is 54.2 Å². The molecule has 0 amide bonds. The van der Waals surface area contributed by atoms with Crippen molar-refractivity contribution in [2.45, 2.75) is 0 Å². The lowest BCUT2D eigenvalue weighted by Crippen LogP contribution is -2.02. The molecule has 1 aromatic heterocycles. The van der Waals surface area contributed by atoms with E-state index in [-0.39, 0.29) is 0 Å². The van der Waals surface area contributed by atoms with E-state index in [4.69, 9.17) is 5.73 Å². The molecule has 0 spiro atoms. The standard InChI is InChI=1S/C13H8BrIN2S/c14-8-3-4-11(15)9(6-8)13(17)10(7-16)12-2-1-5-18-12/h1-6H,17H2/b13-10-. The van der Waals surface area contributed by atoms with Gasteiger partial charge in [-0.2, -0.15) is 5.26 Å². The summed E-state index contributed by atoms with van der Waals surface area (Å²) < 4.78 is 1.97. The zero-order valence-corrected chi connectivity index (χ0v) is 13.7. The Labute approximate surface area is 131 Å². The van der Waals surface area contributed by atoms with Crippen molar-refractivity contribution in [1.29, 1.82) is 5.26 Å². The third-order valence-electron chi connectivity index (χ3n) is 2.37. The van der Waals surface area contributed by atoms with Crippen LogP contribution in [-0.2, 0) is 0 Å². The molecule has 0 saturated carbocycles.